The van der Waals surface area contributed by atoms with Gasteiger partial charge in [-0.3, -0.25) is 13.5 Å². The number of nitrogens with one attached hydrogen (secondary N) is 2. The van der Waals surface area contributed by atoms with Crippen LogP contribution in [0.3, 0.4) is 0 Å². The Morgan fingerprint density at radius 2 is 1.74 bits per heavy atom. The number of ether oxygens (including phenoxy) is 1. The summed E-state index contributed by atoms with van der Waals surface area (Å²) in [6, 6.07) is 21.9. The molecule has 0 fully saturated rings. The average Bonchev–Trinajstić information content (AvgIpc) is 3.18. The molecule has 0 radical (unpaired) electrons. The maximum Gasteiger partial charge on any atom is 0.316 e. The molecule has 2 atom stereocenters. The monoisotopic (exact) mass is 513 g/mol. The van der Waals surface area contributed by atoms with Crippen molar-refractivity contribution in [2.75, 3.05) is 24.9 Å². The van der Waals surface area contributed by atoms with E-state index in [0.717, 1.165) is 16.7 Å². The predicted molar refractivity (Wildman–Crippen MR) is 140 cm³/mol. The second-order valence-electron chi connectivity index (χ2n) is 7.85. The summed E-state index contributed by atoms with van der Waals surface area (Å²) in [5.74, 6) is 1.17. The largest absolute Gasteiger partial charge is 0.497 e. The number of hydrogen-bond acceptors (Lipinski definition) is 7. The molecule has 0 spiro atoms. The third-order valence-corrected chi connectivity index (χ3v) is 7.12. The van der Waals surface area contributed by atoms with Gasteiger partial charge in [0.2, 0.25) is 0 Å². The SMILES string of the molecule is COc1ccc(O[S@@](=O)Nc2ccc(CCNC[C@H](O)Cn3sc4ccccc4c3=O)cc2)cc1. The fourth-order valence-corrected chi connectivity index (χ4v) is 5.18. The highest BCUT2D eigenvalue weighted by molar-refractivity contribution is 7.81. The lowest BCUT2D eigenvalue weighted by atomic mass is 10.1. The predicted octanol–water partition coefficient (Wildman–Crippen LogP) is 3.33. The Kier molecular flexibility index (Phi) is 8.54. The van der Waals surface area contributed by atoms with E-state index in [-0.39, 0.29) is 12.1 Å². The van der Waals surface area contributed by atoms with Crippen LogP contribution in [0.1, 0.15) is 5.56 Å². The highest BCUT2D eigenvalue weighted by Crippen LogP contribution is 2.19. The van der Waals surface area contributed by atoms with Crippen molar-refractivity contribution in [1.29, 1.82) is 0 Å². The first-order valence-electron chi connectivity index (χ1n) is 11.1. The molecule has 1 aromatic heterocycles. The van der Waals surface area contributed by atoms with E-state index in [4.69, 9.17) is 8.92 Å². The summed E-state index contributed by atoms with van der Waals surface area (Å²) in [5, 5.41) is 14.3. The molecule has 0 unspecified atom stereocenters. The molecule has 1 heterocycles. The average molecular weight is 514 g/mol. The highest BCUT2D eigenvalue weighted by atomic mass is 32.2. The molecule has 10 heteroatoms. The number of fused-ring (bicyclic) bond motifs is 1. The first-order valence-corrected chi connectivity index (χ1v) is 12.9. The number of aliphatic hydroxyl groups is 1. The van der Waals surface area contributed by atoms with Gasteiger partial charge < -0.3 is 19.3 Å². The smallest absolute Gasteiger partial charge is 0.316 e. The zero-order valence-electron chi connectivity index (χ0n) is 19.2. The number of aromatic nitrogens is 1. The van der Waals surface area contributed by atoms with Crippen LogP contribution in [0.25, 0.3) is 10.1 Å². The number of nitrogens with zero attached hydrogens (tertiary/aromatic N) is 1. The van der Waals surface area contributed by atoms with E-state index >= 15 is 0 Å². The zero-order chi connectivity index (χ0) is 24.6. The summed E-state index contributed by atoms with van der Waals surface area (Å²) >= 11 is -0.358. The highest BCUT2D eigenvalue weighted by Gasteiger charge is 2.11. The minimum absolute atomic E-state index is 0.0614. The second-order valence-corrected chi connectivity index (χ2v) is 9.76. The van der Waals surface area contributed by atoms with Gasteiger partial charge in [0.15, 0.2) is 0 Å². The van der Waals surface area contributed by atoms with Gasteiger partial charge in [-0.2, -0.15) is 4.21 Å². The van der Waals surface area contributed by atoms with Crippen LogP contribution in [-0.2, 0) is 24.2 Å². The van der Waals surface area contributed by atoms with Gasteiger partial charge in [-0.25, -0.2) is 0 Å². The summed E-state index contributed by atoms with van der Waals surface area (Å²) < 4.78 is 28.0. The maximum atomic E-state index is 12.4. The number of hydrogen-bond donors (Lipinski definition) is 3. The second kappa shape index (κ2) is 12.0. The Hall–Kier alpha value is -3.18. The molecule has 35 heavy (non-hydrogen) atoms. The standard InChI is InChI=1S/C25H27N3O5S2/c1-32-21-10-12-22(13-11-21)33-35(31)27-19-8-6-18(7-9-19)14-15-26-16-20(29)17-28-25(30)23-4-2-3-5-24(23)34-28/h2-13,20,26-27,29H,14-17H2,1H3/t20-,35+/m0/s1. The Bertz CT molecular complexity index is 1320. The third kappa shape index (κ3) is 6.92. The number of rotatable bonds is 12. The van der Waals surface area contributed by atoms with Crippen molar-refractivity contribution in [3.05, 3.63) is 88.7 Å². The van der Waals surface area contributed by atoms with Gasteiger partial charge in [0.25, 0.3) is 5.56 Å². The van der Waals surface area contributed by atoms with Crippen LogP contribution in [0.15, 0.2) is 77.6 Å². The molecule has 3 aromatic carbocycles. The lowest BCUT2D eigenvalue weighted by Crippen LogP contribution is -2.33. The number of methoxy groups -OCH3 is 1. The van der Waals surface area contributed by atoms with Crippen molar-refractivity contribution in [1.82, 2.24) is 9.27 Å². The van der Waals surface area contributed by atoms with Gasteiger partial charge in [0.05, 0.1) is 29.8 Å². The van der Waals surface area contributed by atoms with E-state index in [1.807, 2.05) is 48.5 Å². The molecule has 8 nitrogen and oxygen atoms in total. The van der Waals surface area contributed by atoms with Crippen LogP contribution < -0.4 is 24.5 Å². The lowest BCUT2D eigenvalue weighted by Gasteiger charge is -2.12. The van der Waals surface area contributed by atoms with Crippen LogP contribution in [0.5, 0.6) is 11.5 Å². The van der Waals surface area contributed by atoms with E-state index in [9.17, 15) is 14.1 Å². The molecule has 4 rings (SSSR count). The van der Waals surface area contributed by atoms with Crippen LogP contribution >= 0.6 is 11.5 Å². The number of aliphatic hydroxyl groups excluding tert-OH is 1. The lowest BCUT2D eigenvalue weighted by molar-refractivity contribution is 0.154. The summed E-state index contributed by atoms with van der Waals surface area (Å²) in [7, 11) is 1.58. The first kappa shape index (κ1) is 24.9. The van der Waals surface area contributed by atoms with Gasteiger partial charge in [0, 0.05) is 12.2 Å². The third-order valence-electron chi connectivity index (χ3n) is 5.29. The van der Waals surface area contributed by atoms with Gasteiger partial charge >= 0.3 is 11.3 Å². The fourth-order valence-electron chi connectivity index (χ4n) is 3.47. The topological polar surface area (TPSA) is 102 Å². The Morgan fingerprint density at radius 1 is 1.03 bits per heavy atom. The number of anilines is 1. The molecule has 0 saturated heterocycles. The van der Waals surface area contributed by atoms with E-state index in [2.05, 4.69) is 10.0 Å². The normalized spacial score (nSPS) is 12.9. The Labute approximate surface area is 210 Å². The van der Waals surface area contributed by atoms with Gasteiger partial charge in [-0.05, 0) is 67.1 Å². The molecule has 0 aliphatic rings. The van der Waals surface area contributed by atoms with Gasteiger partial charge in [0.1, 0.15) is 11.5 Å². The molecule has 0 amide bonds. The molecular weight excluding hydrogens is 486 g/mol. The summed E-state index contributed by atoms with van der Waals surface area (Å²) in [6.07, 6.45) is 0.106. The van der Waals surface area contributed by atoms with Crippen molar-refractivity contribution in [2.24, 2.45) is 0 Å². The number of benzene rings is 3. The van der Waals surface area contributed by atoms with Crippen LogP contribution in [-0.4, -0.2) is 39.6 Å². The van der Waals surface area contributed by atoms with Gasteiger partial charge in [-0.1, -0.05) is 35.8 Å². The quantitative estimate of drug-likeness (QED) is 0.251. The minimum Gasteiger partial charge on any atom is -0.497 e. The van der Waals surface area contributed by atoms with Crippen LogP contribution in [0.2, 0.25) is 0 Å². The van der Waals surface area contributed by atoms with E-state index in [1.165, 1.54) is 11.5 Å². The molecule has 0 aliphatic heterocycles. The minimum atomic E-state index is -1.73. The fraction of sp³-hybridized carbons (Fsp3) is 0.240. The molecular formula is C25H27N3O5S2. The molecule has 0 bridgehead atoms. The molecule has 3 N–H and O–H groups in total. The molecule has 0 saturated carbocycles. The van der Waals surface area contributed by atoms with Gasteiger partial charge in [-0.15, -0.1) is 0 Å². The molecule has 0 aliphatic carbocycles. The van der Waals surface area contributed by atoms with E-state index < -0.39 is 17.4 Å². The van der Waals surface area contributed by atoms with E-state index in [1.54, 1.807) is 35.3 Å². The van der Waals surface area contributed by atoms with Crippen LogP contribution in [0, 0.1) is 0 Å². The van der Waals surface area contributed by atoms with Crippen molar-refractivity contribution < 1.29 is 18.2 Å². The Morgan fingerprint density at radius 3 is 2.46 bits per heavy atom. The molecule has 184 valence electrons. The van der Waals surface area contributed by atoms with Crippen molar-refractivity contribution in [3.8, 4) is 11.5 Å². The van der Waals surface area contributed by atoms with E-state index in [0.29, 0.717) is 35.7 Å². The summed E-state index contributed by atoms with van der Waals surface area (Å²) in [4.78, 5) is 12.4. The van der Waals surface area contributed by atoms with Crippen molar-refractivity contribution in [3.63, 3.8) is 0 Å². The van der Waals surface area contributed by atoms with Crippen molar-refractivity contribution >= 4 is 38.6 Å². The van der Waals surface area contributed by atoms with Crippen LogP contribution in [0.4, 0.5) is 5.69 Å². The Balaban J connectivity index is 1.18. The summed E-state index contributed by atoms with van der Waals surface area (Å²) in [6.45, 7) is 1.33. The first-order chi connectivity index (χ1) is 17.0. The molecule has 4 aromatic rings. The maximum absolute atomic E-state index is 12.4. The zero-order valence-corrected chi connectivity index (χ0v) is 20.8. The summed E-state index contributed by atoms with van der Waals surface area (Å²) in [5.41, 5.74) is 1.71. The van der Waals surface area contributed by atoms with Crippen molar-refractivity contribution in [2.45, 2.75) is 19.1 Å².